The molecule has 0 aliphatic heterocycles. The molecule has 0 N–H and O–H groups in total. The zero-order valence-corrected chi connectivity index (χ0v) is 11.3. The van der Waals surface area contributed by atoms with Crippen molar-refractivity contribution in [3.8, 4) is 5.69 Å². The van der Waals surface area contributed by atoms with Gasteiger partial charge >= 0.3 is 0 Å². The van der Waals surface area contributed by atoms with Gasteiger partial charge in [0, 0.05) is 17.1 Å². The third-order valence-electron chi connectivity index (χ3n) is 3.99. The van der Waals surface area contributed by atoms with Crippen molar-refractivity contribution in [2.75, 3.05) is 0 Å². The number of aryl methyl sites for hydroxylation is 1. The van der Waals surface area contributed by atoms with E-state index in [1.165, 1.54) is 33.8 Å². The lowest BCUT2D eigenvalue weighted by atomic mass is 10.0. The van der Waals surface area contributed by atoms with Gasteiger partial charge in [0.25, 0.3) is 0 Å². The first-order valence-corrected chi connectivity index (χ1v) is 6.63. The van der Waals surface area contributed by atoms with Crippen LogP contribution in [-0.4, -0.2) is 4.57 Å². The van der Waals surface area contributed by atoms with E-state index >= 15 is 0 Å². The van der Waals surface area contributed by atoms with Crippen LogP contribution in [0.25, 0.3) is 11.8 Å². The van der Waals surface area contributed by atoms with Crippen molar-refractivity contribution in [2.24, 2.45) is 0 Å². The molecular formula is C17H19N. The zero-order valence-electron chi connectivity index (χ0n) is 11.3. The van der Waals surface area contributed by atoms with Gasteiger partial charge in [0.05, 0.1) is 0 Å². The smallest absolute Gasteiger partial charge is 0.0455 e. The SMILES string of the molecule is Cc1ccc(-n2c(C)c(C)c3c2CCC=C3)cc1. The molecule has 1 aromatic heterocycles. The van der Waals surface area contributed by atoms with Gasteiger partial charge in [0.1, 0.15) is 0 Å². The summed E-state index contributed by atoms with van der Waals surface area (Å²) in [6.07, 6.45) is 6.87. The molecule has 1 aromatic carbocycles. The molecule has 1 heterocycles. The number of benzene rings is 1. The molecule has 0 atom stereocenters. The molecule has 1 nitrogen and oxygen atoms in total. The number of nitrogens with zero attached hydrogens (tertiary/aromatic N) is 1. The van der Waals surface area contributed by atoms with Gasteiger partial charge in [-0.25, -0.2) is 0 Å². The Bertz CT molecular complexity index is 612. The lowest BCUT2D eigenvalue weighted by Crippen LogP contribution is -2.04. The van der Waals surface area contributed by atoms with E-state index < -0.39 is 0 Å². The molecule has 18 heavy (non-hydrogen) atoms. The fourth-order valence-corrected chi connectivity index (χ4v) is 2.83. The molecule has 3 rings (SSSR count). The maximum atomic E-state index is 2.42. The van der Waals surface area contributed by atoms with Crippen LogP contribution in [0.1, 0.15) is 34.5 Å². The summed E-state index contributed by atoms with van der Waals surface area (Å²) in [7, 11) is 0. The van der Waals surface area contributed by atoms with E-state index in [1.807, 2.05) is 0 Å². The Morgan fingerprint density at radius 2 is 1.72 bits per heavy atom. The topological polar surface area (TPSA) is 4.93 Å². The molecule has 0 unspecified atom stereocenters. The second-order valence-corrected chi connectivity index (χ2v) is 5.18. The van der Waals surface area contributed by atoms with Crippen molar-refractivity contribution in [1.82, 2.24) is 4.57 Å². The largest absolute Gasteiger partial charge is 0.317 e. The third kappa shape index (κ3) is 1.62. The van der Waals surface area contributed by atoms with Gasteiger partial charge in [0.2, 0.25) is 0 Å². The number of fused-ring (bicyclic) bond motifs is 1. The number of rotatable bonds is 1. The third-order valence-corrected chi connectivity index (χ3v) is 3.99. The summed E-state index contributed by atoms with van der Waals surface area (Å²) < 4.78 is 2.42. The predicted molar refractivity (Wildman–Crippen MR) is 77.3 cm³/mol. The van der Waals surface area contributed by atoms with Crippen molar-refractivity contribution in [3.05, 3.63) is 58.4 Å². The average molecular weight is 237 g/mol. The number of aromatic nitrogens is 1. The van der Waals surface area contributed by atoms with Gasteiger partial charge in [0.15, 0.2) is 0 Å². The molecule has 2 aromatic rings. The van der Waals surface area contributed by atoms with Crippen molar-refractivity contribution in [1.29, 1.82) is 0 Å². The van der Waals surface area contributed by atoms with Crippen LogP contribution in [0.5, 0.6) is 0 Å². The van der Waals surface area contributed by atoms with E-state index in [9.17, 15) is 0 Å². The maximum Gasteiger partial charge on any atom is 0.0455 e. The van der Waals surface area contributed by atoms with Crippen molar-refractivity contribution in [2.45, 2.75) is 33.6 Å². The fraction of sp³-hybridized carbons (Fsp3) is 0.294. The molecule has 0 spiro atoms. The Balaban J connectivity index is 2.23. The van der Waals surface area contributed by atoms with E-state index in [1.54, 1.807) is 0 Å². The summed E-state index contributed by atoms with van der Waals surface area (Å²) in [5.41, 5.74) is 8.29. The Hall–Kier alpha value is -1.76. The highest BCUT2D eigenvalue weighted by atomic mass is 15.0. The maximum absolute atomic E-state index is 2.42. The molecule has 1 aliphatic carbocycles. The minimum absolute atomic E-state index is 1.15. The molecule has 0 radical (unpaired) electrons. The van der Waals surface area contributed by atoms with E-state index in [2.05, 4.69) is 61.8 Å². The van der Waals surface area contributed by atoms with E-state index in [0.29, 0.717) is 0 Å². The molecule has 0 saturated carbocycles. The van der Waals surface area contributed by atoms with Gasteiger partial charge in [-0.15, -0.1) is 0 Å². The minimum atomic E-state index is 1.15. The van der Waals surface area contributed by atoms with Gasteiger partial charge in [-0.3, -0.25) is 0 Å². The number of hydrogen-bond acceptors (Lipinski definition) is 0. The van der Waals surface area contributed by atoms with Gasteiger partial charge in [-0.05, 0) is 56.9 Å². The standard InChI is InChI=1S/C17H19N/c1-12-8-10-15(11-9-12)18-14(3)13(2)16-6-4-5-7-17(16)18/h4,6,8-11H,5,7H2,1-3H3. The van der Waals surface area contributed by atoms with E-state index in [4.69, 9.17) is 0 Å². The molecule has 0 amide bonds. The first-order chi connectivity index (χ1) is 8.68. The van der Waals surface area contributed by atoms with Crippen molar-refractivity contribution < 1.29 is 0 Å². The lowest BCUT2D eigenvalue weighted by Gasteiger charge is -2.14. The molecule has 0 bridgehead atoms. The summed E-state index contributed by atoms with van der Waals surface area (Å²) in [4.78, 5) is 0. The molecule has 0 saturated heterocycles. The van der Waals surface area contributed by atoms with Gasteiger partial charge < -0.3 is 4.57 Å². The highest BCUT2D eigenvalue weighted by Gasteiger charge is 2.18. The van der Waals surface area contributed by atoms with Crippen LogP contribution in [0, 0.1) is 20.8 Å². The van der Waals surface area contributed by atoms with Gasteiger partial charge in [-0.1, -0.05) is 29.8 Å². The zero-order chi connectivity index (χ0) is 12.7. The van der Waals surface area contributed by atoms with Crippen LogP contribution in [-0.2, 0) is 6.42 Å². The van der Waals surface area contributed by atoms with Crippen LogP contribution in [0.3, 0.4) is 0 Å². The van der Waals surface area contributed by atoms with Gasteiger partial charge in [-0.2, -0.15) is 0 Å². The second kappa shape index (κ2) is 4.16. The molecule has 1 aliphatic rings. The first-order valence-electron chi connectivity index (χ1n) is 6.63. The summed E-state index contributed by atoms with van der Waals surface area (Å²) in [6.45, 7) is 6.59. The monoisotopic (exact) mass is 237 g/mol. The molecular weight excluding hydrogens is 218 g/mol. The molecule has 0 fully saturated rings. The summed E-state index contributed by atoms with van der Waals surface area (Å²) >= 11 is 0. The normalized spacial score (nSPS) is 13.7. The predicted octanol–water partition coefficient (Wildman–Crippen LogP) is 4.36. The van der Waals surface area contributed by atoms with Crippen LogP contribution in [0.4, 0.5) is 0 Å². The quantitative estimate of drug-likeness (QED) is 0.694. The summed E-state index contributed by atoms with van der Waals surface area (Å²) in [6, 6.07) is 8.82. The van der Waals surface area contributed by atoms with Crippen molar-refractivity contribution >= 4 is 6.08 Å². The van der Waals surface area contributed by atoms with Crippen LogP contribution >= 0.6 is 0 Å². The Morgan fingerprint density at radius 3 is 2.44 bits per heavy atom. The van der Waals surface area contributed by atoms with Crippen LogP contribution in [0.15, 0.2) is 30.3 Å². The molecule has 1 heteroatoms. The lowest BCUT2D eigenvalue weighted by molar-refractivity contribution is 0.856. The molecule has 92 valence electrons. The van der Waals surface area contributed by atoms with Crippen LogP contribution < -0.4 is 0 Å². The Morgan fingerprint density at radius 1 is 1.00 bits per heavy atom. The highest BCUT2D eigenvalue weighted by molar-refractivity contribution is 5.63. The van der Waals surface area contributed by atoms with Crippen molar-refractivity contribution in [3.63, 3.8) is 0 Å². The first kappa shape index (κ1) is 11.3. The number of hydrogen-bond donors (Lipinski definition) is 0. The van der Waals surface area contributed by atoms with E-state index in [0.717, 1.165) is 12.8 Å². The van der Waals surface area contributed by atoms with Crippen LogP contribution in [0.2, 0.25) is 0 Å². The van der Waals surface area contributed by atoms with E-state index in [-0.39, 0.29) is 0 Å². The highest BCUT2D eigenvalue weighted by Crippen LogP contribution is 2.30. The Kier molecular flexibility index (Phi) is 2.62. The second-order valence-electron chi connectivity index (χ2n) is 5.18. The number of allylic oxidation sites excluding steroid dienone is 1. The average Bonchev–Trinajstić information content (AvgIpc) is 2.64. The summed E-state index contributed by atoms with van der Waals surface area (Å²) in [5.74, 6) is 0. The Labute approximate surface area is 109 Å². The minimum Gasteiger partial charge on any atom is -0.317 e. The summed E-state index contributed by atoms with van der Waals surface area (Å²) in [5, 5.41) is 0. The fourth-order valence-electron chi connectivity index (χ4n) is 2.83.